The number of aromatic nitrogens is 1. The summed E-state index contributed by atoms with van der Waals surface area (Å²) in [7, 11) is 3.24. The molecule has 5 nitrogen and oxygen atoms in total. The van der Waals surface area contributed by atoms with Crippen molar-refractivity contribution in [3.63, 3.8) is 0 Å². The summed E-state index contributed by atoms with van der Waals surface area (Å²) >= 11 is 0. The zero-order chi connectivity index (χ0) is 15.1. The fourth-order valence-corrected chi connectivity index (χ4v) is 3.07. The van der Waals surface area contributed by atoms with Crippen molar-refractivity contribution in [2.75, 3.05) is 27.4 Å². The summed E-state index contributed by atoms with van der Waals surface area (Å²) in [5, 5.41) is 0. The molecule has 2 atom stereocenters. The summed E-state index contributed by atoms with van der Waals surface area (Å²) in [6, 6.07) is 1.79. The standard InChI is InChI=1S/C16H26N2O3/c1-19-15-7-8-18-14(16(15)20-2)11-21-10-13-6-4-3-5-12(13)9-17/h7-8,12-13H,3-6,9-11,17H2,1-2H3. The molecule has 0 aliphatic heterocycles. The highest BCUT2D eigenvalue weighted by atomic mass is 16.5. The maximum Gasteiger partial charge on any atom is 0.184 e. The smallest absolute Gasteiger partial charge is 0.184 e. The van der Waals surface area contributed by atoms with Gasteiger partial charge in [0, 0.05) is 12.3 Å². The van der Waals surface area contributed by atoms with E-state index in [-0.39, 0.29) is 0 Å². The molecule has 2 unspecified atom stereocenters. The van der Waals surface area contributed by atoms with Gasteiger partial charge in [0.25, 0.3) is 0 Å². The number of ether oxygens (including phenoxy) is 3. The van der Waals surface area contributed by atoms with Crippen LogP contribution in [0.2, 0.25) is 0 Å². The van der Waals surface area contributed by atoms with Gasteiger partial charge in [0.15, 0.2) is 11.5 Å². The lowest BCUT2D eigenvalue weighted by molar-refractivity contribution is 0.0486. The van der Waals surface area contributed by atoms with Gasteiger partial charge in [-0.2, -0.15) is 0 Å². The van der Waals surface area contributed by atoms with E-state index >= 15 is 0 Å². The predicted molar refractivity (Wildman–Crippen MR) is 81.5 cm³/mol. The Morgan fingerprint density at radius 3 is 2.62 bits per heavy atom. The third-order valence-corrected chi connectivity index (χ3v) is 4.31. The van der Waals surface area contributed by atoms with Crippen molar-refractivity contribution in [1.82, 2.24) is 4.98 Å². The summed E-state index contributed by atoms with van der Waals surface area (Å²) in [6.45, 7) is 1.94. The van der Waals surface area contributed by atoms with Crippen LogP contribution in [0.3, 0.4) is 0 Å². The molecular weight excluding hydrogens is 268 g/mol. The zero-order valence-corrected chi connectivity index (χ0v) is 13.0. The van der Waals surface area contributed by atoms with Gasteiger partial charge in [-0.1, -0.05) is 12.8 Å². The summed E-state index contributed by atoms with van der Waals surface area (Å²) in [5.74, 6) is 2.50. The first-order valence-corrected chi connectivity index (χ1v) is 7.63. The number of nitrogens with two attached hydrogens (primary N) is 1. The summed E-state index contributed by atoms with van der Waals surface area (Å²) in [6.07, 6.45) is 6.73. The Labute approximate surface area is 126 Å². The van der Waals surface area contributed by atoms with E-state index in [2.05, 4.69) is 4.98 Å². The lowest BCUT2D eigenvalue weighted by atomic mass is 9.80. The molecule has 0 spiro atoms. The van der Waals surface area contributed by atoms with Gasteiger partial charge in [0.05, 0.1) is 27.4 Å². The first kappa shape index (κ1) is 16.0. The van der Waals surface area contributed by atoms with E-state index in [1.54, 1.807) is 26.5 Å². The fraction of sp³-hybridized carbons (Fsp3) is 0.688. The molecule has 1 aliphatic carbocycles. The Morgan fingerprint density at radius 2 is 1.95 bits per heavy atom. The molecule has 1 saturated carbocycles. The topological polar surface area (TPSA) is 66.6 Å². The first-order valence-electron chi connectivity index (χ1n) is 7.63. The second-order valence-electron chi connectivity index (χ2n) is 5.55. The summed E-state index contributed by atoms with van der Waals surface area (Å²) < 4.78 is 16.5. The fourth-order valence-electron chi connectivity index (χ4n) is 3.07. The molecule has 0 saturated heterocycles. The summed E-state index contributed by atoms with van der Waals surface area (Å²) in [4.78, 5) is 4.33. The van der Waals surface area contributed by atoms with Gasteiger partial charge in [-0.25, -0.2) is 0 Å². The molecule has 1 aliphatic rings. The molecule has 2 N–H and O–H groups in total. The van der Waals surface area contributed by atoms with Crippen molar-refractivity contribution < 1.29 is 14.2 Å². The Kier molecular flexibility index (Phi) is 6.26. The molecule has 118 valence electrons. The molecule has 1 fully saturated rings. The first-order chi connectivity index (χ1) is 10.3. The van der Waals surface area contributed by atoms with Crippen molar-refractivity contribution in [2.45, 2.75) is 32.3 Å². The monoisotopic (exact) mass is 294 g/mol. The molecule has 1 aromatic heterocycles. The number of pyridine rings is 1. The van der Waals surface area contributed by atoms with Crippen LogP contribution in [0.15, 0.2) is 12.3 Å². The molecule has 0 radical (unpaired) electrons. The number of nitrogens with zero attached hydrogens (tertiary/aromatic N) is 1. The third-order valence-electron chi connectivity index (χ3n) is 4.31. The largest absolute Gasteiger partial charge is 0.493 e. The second kappa shape index (κ2) is 8.20. The van der Waals surface area contributed by atoms with E-state index in [1.165, 1.54) is 25.7 Å². The highest BCUT2D eigenvalue weighted by Crippen LogP contribution is 2.31. The van der Waals surface area contributed by atoms with Crippen LogP contribution in [0.5, 0.6) is 11.5 Å². The van der Waals surface area contributed by atoms with E-state index < -0.39 is 0 Å². The zero-order valence-electron chi connectivity index (χ0n) is 13.0. The number of hydrogen-bond acceptors (Lipinski definition) is 5. The van der Waals surface area contributed by atoms with E-state index in [0.717, 1.165) is 18.8 Å². The molecule has 0 aromatic carbocycles. The second-order valence-corrected chi connectivity index (χ2v) is 5.55. The van der Waals surface area contributed by atoms with Crippen molar-refractivity contribution >= 4 is 0 Å². The van der Waals surface area contributed by atoms with Crippen LogP contribution in [0.4, 0.5) is 0 Å². The molecule has 21 heavy (non-hydrogen) atoms. The molecule has 0 bridgehead atoms. The van der Waals surface area contributed by atoms with Crippen LogP contribution in [-0.4, -0.2) is 32.4 Å². The Balaban J connectivity index is 1.91. The quantitative estimate of drug-likeness (QED) is 0.836. The number of rotatable bonds is 7. The van der Waals surface area contributed by atoms with Crippen molar-refractivity contribution in [3.05, 3.63) is 18.0 Å². The highest BCUT2D eigenvalue weighted by Gasteiger charge is 2.24. The maximum absolute atomic E-state index is 5.88. The van der Waals surface area contributed by atoms with E-state index in [9.17, 15) is 0 Å². The molecule has 1 aromatic rings. The molecule has 5 heteroatoms. The minimum Gasteiger partial charge on any atom is -0.493 e. The Bertz CT molecular complexity index is 440. The van der Waals surface area contributed by atoms with Crippen molar-refractivity contribution in [2.24, 2.45) is 17.6 Å². The van der Waals surface area contributed by atoms with E-state index in [0.29, 0.717) is 29.9 Å². The normalized spacial score (nSPS) is 22.0. The van der Waals surface area contributed by atoms with Gasteiger partial charge >= 0.3 is 0 Å². The molecule has 0 amide bonds. The third kappa shape index (κ3) is 4.08. The molecule has 1 heterocycles. The SMILES string of the molecule is COc1ccnc(COCC2CCCCC2CN)c1OC. The molecular formula is C16H26N2O3. The average Bonchev–Trinajstić information content (AvgIpc) is 2.54. The maximum atomic E-state index is 5.88. The van der Waals surface area contributed by atoms with E-state index in [1.807, 2.05) is 0 Å². The minimum absolute atomic E-state index is 0.439. The van der Waals surface area contributed by atoms with Crippen LogP contribution < -0.4 is 15.2 Å². The van der Waals surface area contributed by atoms with E-state index in [4.69, 9.17) is 19.9 Å². The van der Waals surface area contributed by atoms with Crippen LogP contribution in [0.1, 0.15) is 31.4 Å². The van der Waals surface area contributed by atoms with Gasteiger partial charge in [-0.05, 0) is 31.2 Å². The lowest BCUT2D eigenvalue weighted by Crippen LogP contribution is -2.29. The Hall–Kier alpha value is -1.33. The van der Waals surface area contributed by atoms with Gasteiger partial charge in [0.2, 0.25) is 0 Å². The lowest BCUT2D eigenvalue weighted by Gasteiger charge is -2.30. The highest BCUT2D eigenvalue weighted by molar-refractivity contribution is 5.42. The number of methoxy groups -OCH3 is 2. The summed E-state index contributed by atoms with van der Waals surface area (Å²) in [5.41, 5.74) is 6.63. The van der Waals surface area contributed by atoms with Crippen molar-refractivity contribution in [3.8, 4) is 11.5 Å². The van der Waals surface area contributed by atoms with Crippen molar-refractivity contribution in [1.29, 1.82) is 0 Å². The van der Waals surface area contributed by atoms with Crippen LogP contribution in [0.25, 0.3) is 0 Å². The van der Waals surface area contributed by atoms with Crippen LogP contribution in [-0.2, 0) is 11.3 Å². The van der Waals surface area contributed by atoms with Crippen LogP contribution >= 0.6 is 0 Å². The number of hydrogen-bond donors (Lipinski definition) is 1. The van der Waals surface area contributed by atoms with Gasteiger partial charge < -0.3 is 19.9 Å². The average molecular weight is 294 g/mol. The van der Waals surface area contributed by atoms with Crippen LogP contribution in [0, 0.1) is 11.8 Å². The Morgan fingerprint density at radius 1 is 1.19 bits per heavy atom. The predicted octanol–water partition coefficient (Wildman–Crippen LogP) is 2.38. The van der Waals surface area contributed by atoms with Gasteiger partial charge in [-0.15, -0.1) is 0 Å². The minimum atomic E-state index is 0.439. The van der Waals surface area contributed by atoms with Gasteiger partial charge in [0.1, 0.15) is 5.69 Å². The van der Waals surface area contributed by atoms with Gasteiger partial charge in [-0.3, -0.25) is 4.98 Å². The molecule has 2 rings (SSSR count).